The Labute approximate surface area is 200 Å². The standard InChI is InChI=1S/C25H29F6NO3/c1-6-7-8-9-17(4)22(5)15-32(21(33)35-16(2)3)14-20(22)18-10-12-19(13-11-18)23(34,24(26,27)28)25(29,30)31/h6-13,16,20,34H,4,14-15H2,1-3,5H3/b7-6-,9-8-/t20-,22+/m0/s1. The summed E-state index contributed by atoms with van der Waals surface area (Å²) in [6, 6.07) is 3.45. The minimum atomic E-state index is -5.97. The van der Waals surface area contributed by atoms with E-state index in [1.54, 1.807) is 38.2 Å². The number of alkyl halides is 6. The first-order chi connectivity index (χ1) is 16.0. The second-order valence-electron chi connectivity index (χ2n) is 9.02. The van der Waals surface area contributed by atoms with Crippen LogP contribution in [-0.4, -0.2) is 47.6 Å². The van der Waals surface area contributed by atoms with E-state index in [0.717, 1.165) is 12.1 Å². The fraction of sp³-hybridized carbons (Fsp3) is 0.480. The molecule has 0 spiro atoms. The maximum absolute atomic E-state index is 13.3. The fourth-order valence-electron chi connectivity index (χ4n) is 4.12. The number of nitrogens with zero attached hydrogens (tertiary/aromatic N) is 1. The van der Waals surface area contributed by atoms with Gasteiger partial charge in [-0.15, -0.1) is 0 Å². The number of hydrogen-bond donors (Lipinski definition) is 1. The quantitative estimate of drug-likeness (QED) is 0.349. The topological polar surface area (TPSA) is 49.8 Å². The summed E-state index contributed by atoms with van der Waals surface area (Å²) in [6.45, 7) is 11.4. The smallest absolute Gasteiger partial charge is 0.430 e. The largest absolute Gasteiger partial charge is 0.447 e. The summed E-state index contributed by atoms with van der Waals surface area (Å²) in [6.07, 6.45) is -5.86. The van der Waals surface area contributed by atoms with E-state index >= 15 is 0 Å². The summed E-state index contributed by atoms with van der Waals surface area (Å²) in [5.74, 6) is -0.510. The molecule has 2 rings (SSSR count). The van der Waals surface area contributed by atoms with Crippen molar-refractivity contribution in [2.75, 3.05) is 13.1 Å². The first-order valence-electron chi connectivity index (χ1n) is 10.9. The Bertz CT molecular complexity index is 964. The van der Waals surface area contributed by atoms with Crippen LogP contribution < -0.4 is 0 Å². The summed E-state index contributed by atoms with van der Waals surface area (Å²) in [5.41, 5.74) is -6.14. The number of allylic oxidation sites excluding steroid dienone is 4. The lowest BCUT2D eigenvalue weighted by Crippen LogP contribution is -2.53. The van der Waals surface area contributed by atoms with Gasteiger partial charge in [0.25, 0.3) is 5.60 Å². The monoisotopic (exact) mass is 505 g/mol. The molecule has 0 aromatic heterocycles. The molecule has 35 heavy (non-hydrogen) atoms. The molecule has 1 heterocycles. The van der Waals surface area contributed by atoms with Crippen molar-refractivity contribution in [1.29, 1.82) is 0 Å². The minimum Gasteiger partial charge on any atom is -0.447 e. The van der Waals surface area contributed by atoms with E-state index in [9.17, 15) is 36.2 Å². The Morgan fingerprint density at radius 1 is 1.14 bits per heavy atom. The highest BCUT2D eigenvalue weighted by atomic mass is 19.4. The van der Waals surface area contributed by atoms with Gasteiger partial charge in [0.05, 0.1) is 6.10 Å². The lowest BCUT2D eigenvalue weighted by molar-refractivity contribution is -0.376. The molecule has 0 bridgehead atoms. The molecule has 1 aromatic carbocycles. The molecule has 0 radical (unpaired) electrons. The number of ether oxygens (including phenoxy) is 1. The summed E-state index contributed by atoms with van der Waals surface area (Å²) < 4.78 is 84.8. The van der Waals surface area contributed by atoms with Gasteiger partial charge in [-0.1, -0.05) is 62.1 Å². The minimum absolute atomic E-state index is 0.112. The number of hydrogen-bond acceptors (Lipinski definition) is 3. The van der Waals surface area contributed by atoms with E-state index < -0.39 is 40.9 Å². The van der Waals surface area contributed by atoms with Gasteiger partial charge < -0.3 is 14.7 Å². The average molecular weight is 505 g/mol. The van der Waals surface area contributed by atoms with Crippen LogP contribution >= 0.6 is 0 Å². The van der Waals surface area contributed by atoms with Gasteiger partial charge in [0.1, 0.15) is 0 Å². The van der Waals surface area contributed by atoms with Gasteiger partial charge in [0.15, 0.2) is 0 Å². The highest BCUT2D eigenvalue weighted by molar-refractivity contribution is 5.69. The molecule has 0 saturated carbocycles. The van der Waals surface area contributed by atoms with Gasteiger partial charge >= 0.3 is 18.4 Å². The lowest BCUT2D eigenvalue weighted by atomic mass is 9.71. The number of aliphatic hydroxyl groups is 1. The first kappa shape index (κ1) is 28.5. The van der Waals surface area contributed by atoms with Crippen molar-refractivity contribution in [1.82, 2.24) is 4.90 Å². The van der Waals surface area contributed by atoms with Crippen LogP contribution in [0.5, 0.6) is 0 Å². The number of benzene rings is 1. The number of carbonyl (C=O) groups excluding carboxylic acids is 1. The third-order valence-corrected chi connectivity index (χ3v) is 6.17. The third-order valence-electron chi connectivity index (χ3n) is 6.17. The molecule has 194 valence electrons. The van der Waals surface area contributed by atoms with Gasteiger partial charge in [-0.2, -0.15) is 26.3 Å². The molecule has 1 fully saturated rings. The zero-order valence-corrected chi connectivity index (χ0v) is 19.9. The van der Waals surface area contributed by atoms with Crippen LogP contribution in [-0.2, 0) is 10.3 Å². The van der Waals surface area contributed by atoms with Crippen molar-refractivity contribution >= 4 is 6.09 Å². The first-order valence-corrected chi connectivity index (χ1v) is 10.9. The molecule has 2 atom stereocenters. The zero-order chi connectivity index (χ0) is 26.8. The molecule has 1 amide bonds. The van der Waals surface area contributed by atoms with Crippen LogP contribution in [0.3, 0.4) is 0 Å². The fourth-order valence-corrected chi connectivity index (χ4v) is 4.12. The van der Waals surface area contributed by atoms with E-state index in [0.29, 0.717) is 23.3 Å². The summed E-state index contributed by atoms with van der Waals surface area (Å²) in [5, 5.41) is 9.67. The predicted octanol–water partition coefficient (Wildman–Crippen LogP) is 6.64. The Hall–Kier alpha value is -2.75. The number of likely N-dealkylation sites (tertiary alicyclic amines) is 1. The molecule has 1 aliphatic heterocycles. The molecule has 0 unspecified atom stereocenters. The lowest BCUT2D eigenvalue weighted by Gasteiger charge is -2.34. The van der Waals surface area contributed by atoms with Crippen LogP contribution in [0, 0.1) is 5.41 Å². The van der Waals surface area contributed by atoms with E-state index in [2.05, 4.69) is 6.58 Å². The Morgan fingerprint density at radius 3 is 2.14 bits per heavy atom. The third kappa shape index (κ3) is 5.58. The second kappa shape index (κ2) is 10.1. The van der Waals surface area contributed by atoms with Crippen molar-refractivity contribution in [2.45, 2.75) is 57.7 Å². The normalized spacial score (nSPS) is 21.9. The summed E-state index contributed by atoms with van der Waals surface area (Å²) >= 11 is 0. The van der Waals surface area contributed by atoms with Gasteiger partial charge in [0.2, 0.25) is 0 Å². The van der Waals surface area contributed by atoms with Gasteiger partial charge in [-0.25, -0.2) is 4.79 Å². The molecule has 10 heteroatoms. The molecule has 1 aromatic rings. The average Bonchev–Trinajstić information content (AvgIpc) is 3.10. The van der Waals surface area contributed by atoms with E-state index in [4.69, 9.17) is 4.74 Å². The number of rotatable bonds is 6. The molecule has 1 saturated heterocycles. The zero-order valence-electron chi connectivity index (χ0n) is 19.9. The van der Waals surface area contributed by atoms with Gasteiger partial charge in [-0.05, 0) is 31.9 Å². The van der Waals surface area contributed by atoms with Gasteiger partial charge in [0, 0.05) is 30.0 Å². The van der Waals surface area contributed by atoms with E-state index in [1.165, 1.54) is 4.90 Å². The van der Waals surface area contributed by atoms with Crippen molar-refractivity contribution in [3.05, 3.63) is 71.8 Å². The molecule has 1 N–H and O–H groups in total. The van der Waals surface area contributed by atoms with Crippen LogP contribution in [0.4, 0.5) is 31.1 Å². The maximum Gasteiger partial charge on any atom is 0.430 e. The van der Waals surface area contributed by atoms with Crippen molar-refractivity contribution in [3.63, 3.8) is 0 Å². The van der Waals surface area contributed by atoms with Crippen molar-refractivity contribution in [2.24, 2.45) is 5.41 Å². The van der Waals surface area contributed by atoms with E-state index in [1.807, 2.05) is 13.8 Å². The number of carbonyl (C=O) groups is 1. The second-order valence-corrected chi connectivity index (χ2v) is 9.02. The van der Waals surface area contributed by atoms with E-state index in [-0.39, 0.29) is 19.2 Å². The molecular formula is C25H29F6NO3. The summed E-state index contributed by atoms with van der Waals surface area (Å²) in [7, 11) is 0. The molecular weight excluding hydrogens is 476 g/mol. The van der Waals surface area contributed by atoms with Crippen LogP contribution in [0.15, 0.2) is 60.7 Å². The number of halogens is 6. The van der Waals surface area contributed by atoms with Gasteiger partial charge in [-0.3, -0.25) is 0 Å². The van der Waals surface area contributed by atoms with Crippen LogP contribution in [0.1, 0.15) is 44.7 Å². The molecule has 4 nitrogen and oxygen atoms in total. The maximum atomic E-state index is 13.3. The molecule has 0 aliphatic carbocycles. The highest BCUT2D eigenvalue weighted by Crippen LogP contribution is 2.51. The Kier molecular flexibility index (Phi) is 8.21. The number of amides is 1. The van der Waals surface area contributed by atoms with Crippen LogP contribution in [0.25, 0.3) is 0 Å². The Morgan fingerprint density at radius 2 is 1.69 bits per heavy atom. The predicted molar refractivity (Wildman–Crippen MR) is 120 cm³/mol. The molecule has 1 aliphatic rings. The van der Waals surface area contributed by atoms with Crippen molar-refractivity contribution < 1.29 is 41.0 Å². The summed E-state index contributed by atoms with van der Waals surface area (Å²) in [4.78, 5) is 14.0. The van der Waals surface area contributed by atoms with Crippen molar-refractivity contribution in [3.8, 4) is 0 Å². The Balaban J connectivity index is 2.51. The van der Waals surface area contributed by atoms with Crippen LogP contribution in [0.2, 0.25) is 0 Å². The highest BCUT2D eigenvalue weighted by Gasteiger charge is 2.71. The SMILES string of the molecule is C=C(/C=C\C=C/C)[C@@]1(C)CN(C(=O)OC(C)C)C[C@H]1c1ccc(C(O)(C(F)(F)F)C(F)(F)F)cc1.